The van der Waals surface area contributed by atoms with Gasteiger partial charge in [0, 0.05) is 17.8 Å². The summed E-state index contributed by atoms with van der Waals surface area (Å²) in [4.78, 5) is 16.3. The molecule has 0 spiro atoms. The van der Waals surface area contributed by atoms with Crippen LogP contribution in [-0.4, -0.2) is 46.9 Å². The standard InChI is InChI=1S/C21H27ClN2O4/c1-21(2,3)28-20(26)24-17(18(25)12-22)11-14-5-7-15(8-6-14)16-9-10-19(27-4)23-13-16/h5-10,13,17-18,25H,11-12H2,1-4H3,(H,24,26)/t17-,18-/m0/s1. The molecule has 0 saturated heterocycles. The van der Waals surface area contributed by atoms with Crippen molar-refractivity contribution in [3.8, 4) is 17.0 Å². The van der Waals surface area contributed by atoms with Crippen LogP contribution in [-0.2, 0) is 11.2 Å². The number of ether oxygens (including phenoxy) is 2. The van der Waals surface area contributed by atoms with Crippen molar-refractivity contribution < 1.29 is 19.4 Å². The quantitative estimate of drug-likeness (QED) is 0.683. The lowest BCUT2D eigenvalue weighted by atomic mass is 9.99. The van der Waals surface area contributed by atoms with E-state index in [2.05, 4.69) is 10.3 Å². The summed E-state index contributed by atoms with van der Waals surface area (Å²) in [5, 5.41) is 12.9. The Kier molecular flexibility index (Phi) is 7.66. The van der Waals surface area contributed by atoms with Gasteiger partial charge in [0.15, 0.2) is 0 Å². The molecule has 2 rings (SSSR count). The van der Waals surface area contributed by atoms with Crippen LogP contribution in [0.15, 0.2) is 42.6 Å². The SMILES string of the molecule is COc1ccc(-c2ccc(C[C@H](NC(=O)OC(C)(C)C)[C@@H](O)CCl)cc2)cn1. The fourth-order valence-electron chi connectivity index (χ4n) is 2.61. The minimum absolute atomic E-state index is 0.00999. The molecule has 28 heavy (non-hydrogen) atoms. The van der Waals surface area contributed by atoms with Gasteiger partial charge in [-0.05, 0) is 44.4 Å². The number of carbonyl (C=O) groups is 1. The fraction of sp³-hybridized carbons (Fsp3) is 0.429. The number of aromatic nitrogens is 1. The molecule has 2 aromatic rings. The van der Waals surface area contributed by atoms with Gasteiger partial charge in [-0.1, -0.05) is 24.3 Å². The molecule has 0 unspecified atom stereocenters. The maximum Gasteiger partial charge on any atom is 0.407 e. The first-order valence-electron chi connectivity index (χ1n) is 9.04. The van der Waals surface area contributed by atoms with Gasteiger partial charge < -0.3 is 19.9 Å². The lowest BCUT2D eigenvalue weighted by molar-refractivity contribution is 0.0440. The Bertz CT molecular complexity index is 757. The number of benzene rings is 1. The minimum Gasteiger partial charge on any atom is -0.481 e. The number of nitrogens with zero attached hydrogens (tertiary/aromatic N) is 1. The topological polar surface area (TPSA) is 80.7 Å². The van der Waals surface area contributed by atoms with E-state index in [1.165, 1.54) is 0 Å². The van der Waals surface area contributed by atoms with Gasteiger partial charge in [-0.25, -0.2) is 9.78 Å². The normalized spacial score (nSPS) is 13.5. The number of rotatable bonds is 7. The summed E-state index contributed by atoms with van der Waals surface area (Å²) in [6.45, 7) is 5.35. The van der Waals surface area contributed by atoms with E-state index in [9.17, 15) is 9.90 Å². The third kappa shape index (κ3) is 6.69. The maximum absolute atomic E-state index is 12.1. The van der Waals surface area contributed by atoms with Crippen LogP contribution in [0.4, 0.5) is 4.79 Å². The smallest absolute Gasteiger partial charge is 0.407 e. The number of aliphatic hydroxyl groups excluding tert-OH is 1. The molecule has 1 amide bonds. The second kappa shape index (κ2) is 9.75. The molecule has 0 bridgehead atoms. The number of hydrogen-bond acceptors (Lipinski definition) is 5. The molecule has 1 aromatic heterocycles. The molecule has 0 aliphatic carbocycles. The van der Waals surface area contributed by atoms with Crippen LogP contribution in [0.3, 0.4) is 0 Å². The Morgan fingerprint density at radius 2 is 1.82 bits per heavy atom. The maximum atomic E-state index is 12.1. The van der Waals surface area contributed by atoms with Crippen molar-refractivity contribution in [1.29, 1.82) is 0 Å². The van der Waals surface area contributed by atoms with Crippen LogP contribution < -0.4 is 10.1 Å². The zero-order valence-corrected chi connectivity index (χ0v) is 17.4. The molecule has 2 N–H and O–H groups in total. The molecule has 6 nitrogen and oxygen atoms in total. The van der Waals surface area contributed by atoms with E-state index in [4.69, 9.17) is 21.1 Å². The molecule has 1 aromatic carbocycles. The molecular formula is C21H27ClN2O4. The number of hydrogen-bond donors (Lipinski definition) is 2. The first-order chi connectivity index (χ1) is 13.2. The molecule has 2 atom stereocenters. The van der Waals surface area contributed by atoms with Crippen LogP contribution in [0, 0.1) is 0 Å². The van der Waals surface area contributed by atoms with E-state index in [-0.39, 0.29) is 5.88 Å². The molecule has 0 fully saturated rings. The second-order valence-corrected chi connectivity index (χ2v) is 7.77. The van der Waals surface area contributed by atoms with E-state index in [0.29, 0.717) is 12.3 Å². The third-order valence-electron chi connectivity index (χ3n) is 4.01. The Balaban J connectivity index is 2.08. The molecular weight excluding hydrogens is 380 g/mol. The van der Waals surface area contributed by atoms with Crippen molar-refractivity contribution in [3.05, 3.63) is 48.2 Å². The zero-order chi connectivity index (χ0) is 20.7. The van der Waals surface area contributed by atoms with Crippen LogP contribution in [0.5, 0.6) is 5.88 Å². The largest absolute Gasteiger partial charge is 0.481 e. The van der Waals surface area contributed by atoms with Gasteiger partial charge in [0.05, 0.1) is 25.1 Å². The monoisotopic (exact) mass is 406 g/mol. The zero-order valence-electron chi connectivity index (χ0n) is 16.6. The van der Waals surface area contributed by atoms with Crippen LogP contribution in [0.25, 0.3) is 11.1 Å². The number of carbonyl (C=O) groups excluding carboxylic acids is 1. The van der Waals surface area contributed by atoms with Crippen LogP contribution >= 0.6 is 11.6 Å². The number of amides is 1. The van der Waals surface area contributed by atoms with Crippen molar-refractivity contribution in [2.24, 2.45) is 0 Å². The van der Waals surface area contributed by atoms with Gasteiger partial charge in [0.25, 0.3) is 0 Å². The molecule has 0 radical (unpaired) electrons. The number of nitrogens with one attached hydrogen (secondary N) is 1. The van der Waals surface area contributed by atoms with E-state index < -0.39 is 23.8 Å². The summed E-state index contributed by atoms with van der Waals surface area (Å²) in [5.41, 5.74) is 2.31. The highest BCUT2D eigenvalue weighted by atomic mass is 35.5. The molecule has 0 aliphatic heterocycles. The van der Waals surface area contributed by atoms with Gasteiger partial charge in [-0.3, -0.25) is 0 Å². The molecule has 152 valence electrons. The Labute approximate surface area is 170 Å². The van der Waals surface area contributed by atoms with Gasteiger partial charge in [-0.2, -0.15) is 0 Å². The number of alkyl carbamates (subject to hydrolysis) is 1. The highest BCUT2D eigenvalue weighted by Crippen LogP contribution is 2.21. The van der Waals surface area contributed by atoms with Crippen molar-refractivity contribution >= 4 is 17.7 Å². The van der Waals surface area contributed by atoms with Gasteiger partial charge in [0.1, 0.15) is 5.60 Å². The summed E-state index contributed by atoms with van der Waals surface area (Å²) in [5.74, 6) is 0.572. The predicted octanol–water partition coefficient (Wildman–Crippen LogP) is 3.79. The van der Waals surface area contributed by atoms with Crippen molar-refractivity contribution in [3.63, 3.8) is 0 Å². The number of halogens is 1. The predicted molar refractivity (Wildman–Crippen MR) is 110 cm³/mol. The van der Waals surface area contributed by atoms with Crippen molar-refractivity contribution in [2.75, 3.05) is 13.0 Å². The summed E-state index contributed by atoms with van der Waals surface area (Å²) in [6.07, 6.45) is 0.703. The number of aliphatic hydroxyl groups is 1. The van der Waals surface area contributed by atoms with Crippen molar-refractivity contribution in [1.82, 2.24) is 10.3 Å². The average Bonchev–Trinajstić information content (AvgIpc) is 2.66. The summed E-state index contributed by atoms with van der Waals surface area (Å²) in [6, 6.07) is 11.0. The second-order valence-electron chi connectivity index (χ2n) is 7.46. The Hall–Kier alpha value is -2.31. The molecule has 0 aliphatic rings. The highest BCUT2D eigenvalue weighted by molar-refractivity contribution is 6.18. The average molecular weight is 407 g/mol. The summed E-state index contributed by atoms with van der Waals surface area (Å²) in [7, 11) is 1.58. The lowest BCUT2D eigenvalue weighted by Gasteiger charge is -2.26. The summed E-state index contributed by atoms with van der Waals surface area (Å²) >= 11 is 5.80. The van der Waals surface area contributed by atoms with E-state index in [0.717, 1.165) is 16.7 Å². The van der Waals surface area contributed by atoms with E-state index >= 15 is 0 Å². The first-order valence-corrected chi connectivity index (χ1v) is 9.58. The van der Waals surface area contributed by atoms with E-state index in [1.54, 1.807) is 40.1 Å². The molecule has 1 heterocycles. The van der Waals surface area contributed by atoms with E-state index in [1.807, 2.05) is 30.3 Å². The van der Waals surface area contributed by atoms with Gasteiger partial charge >= 0.3 is 6.09 Å². The van der Waals surface area contributed by atoms with Crippen molar-refractivity contribution in [2.45, 2.75) is 44.9 Å². The first kappa shape index (κ1) is 22.0. The molecule has 0 saturated carbocycles. The molecule has 7 heteroatoms. The number of methoxy groups -OCH3 is 1. The highest BCUT2D eigenvalue weighted by Gasteiger charge is 2.24. The fourth-order valence-corrected chi connectivity index (χ4v) is 2.82. The van der Waals surface area contributed by atoms with Crippen LogP contribution in [0.1, 0.15) is 26.3 Å². The summed E-state index contributed by atoms with van der Waals surface area (Å²) < 4.78 is 10.3. The third-order valence-corrected chi connectivity index (χ3v) is 4.33. The Morgan fingerprint density at radius 3 is 2.32 bits per heavy atom. The minimum atomic E-state index is -0.889. The van der Waals surface area contributed by atoms with Gasteiger partial charge in [-0.15, -0.1) is 11.6 Å². The number of pyridine rings is 1. The van der Waals surface area contributed by atoms with Crippen LogP contribution in [0.2, 0.25) is 0 Å². The van der Waals surface area contributed by atoms with Gasteiger partial charge in [0.2, 0.25) is 5.88 Å². The number of alkyl halides is 1. The Morgan fingerprint density at radius 1 is 1.18 bits per heavy atom. The lowest BCUT2D eigenvalue weighted by Crippen LogP contribution is -2.47.